The van der Waals surface area contributed by atoms with Crippen molar-refractivity contribution in [3.05, 3.63) is 78.0 Å². The van der Waals surface area contributed by atoms with Crippen LogP contribution in [0.2, 0.25) is 0 Å². The Hall–Kier alpha value is -7.02. The van der Waals surface area contributed by atoms with Crippen LogP contribution in [-0.4, -0.2) is 132 Å². The van der Waals surface area contributed by atoms with Gasteiger partial charge in [0.25, 0.3) is 11.8 Å². The van der Waals surface area contributed by atoms with Gasteiger partial charge in [0.2, 0.25) is 5.88 Å². The highest BCUT2D eigenvalue weighted by Gasteiger charge is 2.35. The highest BCUT2D eigenvalue weighted by molar-refractivity contribution is 6.01. The number of aryl methyl sites for hydroxylation is 2. The SMILES string of the molecule is COc1cc(C(=O)N2CC[C@H](Oc3ccc4cc(-c5nc6cc(C(=O)N7CC[C@@H](OC)[C@@H](N)C7)cc(OC)c6n5C)n(CC5CC5)c4n3)[C@H](N)C2)cc2nc(-c3cc4cccnc4n3CC3CC3)n(C)c12. The first-order valence-electron chi connectivity index (χ1n) is 24.8. The number of piperidine rings is 2. The minimum atomic E-state index is -0.464. The van der Waals surface area contributed by atoms with Crippen LogP contribution in [0, 0.1) is 11.8 Å². The molecule has 4 aliphatic rings. The zero-order chi connectivity index (χ0) is 48.8. The summed E-state index contributed by atoms with van der Waals surface area (Å²) in [4.78, 5) is 51.9. The number of pyridine rings is 2. The number of likely N-dealkylation sites (tertiary alicyclic amines) is 2. The lowest BCUT2D eigenvalue weighted by atomic mass is 10.0. The average Bonchev–Trinajstić information content (AvgIpc) is 4.27. The van der Waals surface area contributed by atoms with E-state index in [1.54, 1.807) is 37.2 Å². The van der Waals surface area contributed by atoms with Crippen molar-refractivity contribution in [3.8, 4) is 40.4 Å². The number of benzene rings is 2. The third-order valence-corrected chi connectivity index (χ3v) is 15.2. The maximum Gasteiger partial charge on any atom is 0.254 e. The third kappa shape index (κ3) is 8.01. The lowest BCUT2D eigenvalue weighted by Gasteiger charge is -2.36. The van der Waals surface area contributed by atoms with Crippen LogP contribution in [0.3, 0.4) is 0 Å². The van der Waals surface area contributed by atoms with Crippen molar-refractivity contribution >= 4 is 55.9 Å². The number of nitrogens with two attached hydrogens (primary N) is 2. The fourth-order valence-electron chi connectivity index (χ4n) is 11.0. The molecule has 2 aromatic carbocycles. The number of carbonyl (C=O) groups excluding carboxylic acids is 2. The lowest BCUT2D eigenvalue weighted by Crippen LogP contribution is -2.55. The van der Waals surface area contributed by atoms with E-state index in [0.717, 1.165) is 82.1 Å². The molecule has 368 valence electrons. The second-order valence-electron chi connectivity index (χ2n) is 20.1. The molecule has 0 radical (unpaired) electrons. The first kappa shape index (κ1) is 45.1. The Labute approximate surface area is 410 Å². The van der Waals surface area contributed by atoms with Crippen molar-refractivity contribution < 1.29 is 28.5 Å². The van der Waals surface area contributed by atoms with E-state index in [2.05, 4.69) is 31.9 Å². The highest BCUT2D eigenvalue weighted by Crippen LogP contribution is 2.40. The summed E-state index contributed by atoms with van der Waals surface area (Å²) in [6, 6.07) is 18.8. The van der Waals surface area contributed by atoms with Crippen molar-refractivity contribution in [2.45, 2.75) is 75.9 Å². The molecule has 71 heavy (non-hydrogen) atoms. The van der Waals surface area contributed by atoms with Crippen molar-refractivity contribution in [2.24, 2.45) is 37.4 Å². The molecule has 0 unspecified atom stereocenters. The summed E-state index contributed by atoms with van der Waals surface area (Å²) in [5, 5.41) is 2.02. The number of amides is 2. The number of rotatable bonds is 13. The molecule has 0 spiro atoms. The summed E-state index contributed by atoms with van der Waals surface area (Å²) >= 11 is 0. The Morgan fingerprint density at radius 2 is 1.15 bits per heavy atom. The third-order valence-electron chi connectivity index (χ3n) is 15.2. The summed E-state index contributed by atoms with van der Waals surface area (Å²) in [6.07, 6.45) is 7.31. The fraction of sp³-hybridized carbons (Fsp3) is 0.434. The summed E-state index contributed by atoms with van der Waals surface area (Å²) in [5.41, 5.74) is 20.8. The summed E-state index contributed by atoms with van der Waals surface area (Å²) < 4.78 is 32.6. The molecule has 2 saturated carbocycles. The Morgan fingerprint density at radius 3 is 1.66 bits per heavy atom. The summed E-state index contributed by atoms with van der Waals surface area (Å²) in [5.74, 6) is 4.03. The van der Waals surface area contributed by atoms with Crippen molar-refractivity contribution in [2.75, 3.05) is 47.5 Å². The molecule has 4 atom stereocenters. The Bertz CT molecular complexity index is 3400. The van der Waals surface area contributed by atoms with Crippen LogP contribution in [0.4, 0.5) is 0 Å². The van der Waals surface area contributed by atoms with E-state index in [1.807, 2.05) is 61.3 Å². The molecule has 6 aromatic heterocycles. The van der Waals surface area contributed by atoms with Gasteiger partial charge in [0.15, 0.2) is 11.6 Å². The minimum absolute atomic E-state index is 0.0784. The topological polar surface area (TPSA) is 201 Å². The maximum absolute atomic E-state index is 14.3. The first-order chi connectivity index (χ1) is 34.5. The lowest BCUT2D eigenvalue weighted by molar-refractivity contribution is 0.0227. The van der Waals surface area contributed by atoms with E-state index in [-0.39, 0.29) is 30.1 Å². The van der Waals surface area contributed by atoms with E-state index in [1.165, 1.54) is 12.8 Å². The largest absolute Gasteiger partial charge is 0.494 e. The van der Waals surface area contributed by atoms with Crippen LogP contribution in [0.25, 0.3) is 67.2 Å². The second kappa shape index (κ2) is 17.7. The molecule has 2 saturated heterocycles. The second-order valence-corrected chi connectivity index (χ2v) is 20.1. The van der Waals surface area contributed by atoms with Crippen molar-refractivity contribution in [1.82, 2.24) is 48.0 Å². The van der Waals surface area contributed by atoms with E-state index in [4.69, 9.17) is 50.4 Å². The Morgan fingerprint density at radius 1 is 0.634 bits per heavy atom. The number of fused-ring (bicyclic) bond motifs is 4. The number of aromatic nitrogens is 8. The van der Waals surface area contributed by atoms with Gasteiger partial charge in [-0.1, -0.05) is 0 Å². The molecule has 12 rings (SSSR count). The monoisotopic (exact) mass is 960 g/mol. The number of methoxy groups -OCH3 is 3. The van der Waals surface area contributed by atoms with Crippen molar-refractivity contribution in [1.29, 1.82) is 0 Å². The van der Waals surface area contributed by atoms with Gasteiger partial charge in [-0.3, -0.25) is 9.59 Å². The zero-order valence-electron chi connectivity index (χ0n) is 40.9. The molecule has 18 nitrogen and oxygen atoms in total. The molecular formula is C53H60N12O6. The number of carbonyl (C=O) groups is 2. The van der Waals surface area contributed by atoms with Gasteiger partial charge < -0.3 is 58.5 Å². The predicted molar refractivity (Wildman–Crippen MR) is 270 cm³/mol. The van der Waals surface area contributed by atoms with Crippen LogP contribution in [0.1, 0.15) is 59.2 Å². The Balaban J connectivity index is 0.784. The highest BCUT2D eigenvalue weighted by atomic mass is 16.5. The Kier molecular flexibility index (Phi) is 11.2. The fourth-order valence-corrected chi connectivity index (χ4v) is 11.0. The first-order valence-corrected chi connectivity index (χ1v) is 24.8. The van der Waals surface area contributed by atoms with Gasteiger partial charge in [0.1, 0.15) is 39.9 Å². The van der Waals surface area contributed by atoms with Gasteiger partial charge in [-0.25, -0.2) is 15.0 Å². The molecule has 0 bridgehead atoms. The van der Waals surface area contributed by atoms with Gasteiger partial charge in [-0.05, 0) is 98.5 Å². The smallest absolute Gasteiger partial charge is 0.254 e. The van der Waals surface area contributed by atoms with Crippen LogP contribution in [0.5, 0.6) is 17.4 Å². The standard InChI is InChI=1S/C53H60N12O6/c1-60-46-37(57-50(60)39-21-31-7-6-16-56-48(31)64(39)25-29-8-9-29)20-34(24-43(46)69-4)53(67)63-18-15-42(36(55)28-63)71-45-13-12-32-22-40(65(49(32)59-45)26-30-10-11-30)51-58-38-19-33(23-44(70-5)47(38)61(51)2)52(66)62-17-14-41(68-3)35(54)27-62/h6-7,12-13,16,19-24,29-30,35-36,41-42H,8-11,14-15,17-18,25-28,54-55H2,1-5H3/t35-,36+,41+,42-/m0/s1. The predicted octanol–water partition coefficient (Wildman–Crippen LogP) is 6.14. The quantitative estimate of drug-likeness (QED) is 0.134. The van der Waals surface area contributed by atoms with E-state index in [9.17, 15) is 9.59 Å². The molecule has 2 amide bonds. The normalized spacial score (nSPS) is 20.7. The van der Waals surface area contributed by atoms with Crippen LogP contribution >= 0.6 is 0 Å². The molecule has 4 fully saturated rings. The maximum atomic E-state index is 14.3. The average molecular weight is 961 g/mol. The van der Waals surface area contributed by atoms with Crippen LogP contribution in [-0.2, 0) is 31.9 Å². The molecule has 18 heteroatoms. The van der Waals surface area contributed by atoms with Gasteiger partial charge in [-0.2, -0.15) is 4.98 Å². The molecule has 8 aromatic rings. The zero-order valence-corrected chi connectivity index (χ0v) is 40.9. The molecule has 2 aliphatic carbocycles. The molecular weight excluding hydrogens is 901 g/mol. The summed E-state index contributed by atoms with van der Waals surface area (Å²) in [6.45, 7) is 3.38. The number of hydrogen-bond acceptors (Lipinski definition) is 12. The van der Waals surface area contributed by atoms with Gasteiger partial charge in [0.05, 0.1) is 48.8 Å². The number of nitrogens with zero attached hydrogens (tertiary/aromatic N) is 10. The number of hydrogen-bond donors (Lipinski definition) is 2. The minimum Gasteiger partial charge on any atom is -0.494 e. The van der Waals surface area contributed by atoms with Gasteiger partial charge >= 0.3 is 0 Å². The van der Waals surface area contributed by atoms with Crippen molar-refractivity contribution in [3.63, 3.8) is 0 Å². The van der Waals surface area contributed by atoms with Gasteiger partial charge in [0, 0.05) is 107 Å². The molecule has 4 N–H and O–H groups in total. The van der Waals surface area contributed by atoms with Crippen LogP contribution in [0.15, 0.2) is 66.9 Å². The van der Waals surface area contributed by atoms with E-state index in [0.29, 0.717) is 90.4 Å². The van der Waals surface area contributed by atoms with E-state index < -0.39 is 6.04 Å². The van der Waals surface area contributed by atoms with Crippen LogP contribution < -0.4 is 25.7 Å². The molecule has 8 heterocycles. The van der Waals surface area contributed by atoms with Gasteiger partial charge in [-0.15, -0.1) is 0 Å². The number of imidazole rings is 2. The molecule has 2 aliphatic heterocycles. The summed E-state index contributed by atoms with van der Waals surface area (Å²) in [7, 11) is 8.87. The van der Waals surface area contributed by atoms with E-state index >= 15 is 0 Å². The number of ether oxygens (including phenoxy) is 4.